The van der Waals surface area contributed by atoms with Crippen LogP contribution in [-0.2, 0) is 13.1 Å². The third kappa shape index (κ3) is 1.86. The van der Waals surface area contributed by atoms with Crippen LogP contribution in [0.5, 0.6) is 0 Å². The standard InChI is InChI=1S/C14H15N4/c1-2-12-7-5-6-10-17(12)11-18-14-9-4-3-8-13(14)15-16-18/h3-10H,2,11H2,1H3/q+1. The molecule has 2 aromatic heterocycles. The van der Waals surface area contributed by atoms with E-state index >= 15 is 0 Å². The second-order valence-electron chi connectivity index (χ2n) is 4.23. The maximum atomic E-state index is 4.21. The van der Waals surface area contributed by atoms with Crippen molar-refractivity contribution in [3.63, 3.8) is 0 Å². The molecule has 0 spiro atoms. The number of aryl methyl sites for hydroxylation is 1. The summed E-state index contributed by atoms with van der Waals surface area (Å²) in [5.41, 5.74) is 3.29. The number of hydrogen-bond donors (Lipinski definition) is 0. The van der Waals surface area contributed by atoms with Crippen LogP contribution in [0, 0.1) is 0 Å². The van der Waals surface area contributed by atoms with Gasteiger partial charge in [0.15, 0.2) is 11.9 Å². The van der Waals surface area contributed by atoms with Gasteiger partial charge in [0.05, 0.1) is 5.52 Å². The average molecular weight is 239 g/mol. The first kappa shape index (κ1) is 10.9. The van der Waals surface area contributed by atoms with Crippen molar-refractivity contribution in [3.8, 4) is 0 Å². The first-order valence-electron chi connectivity index (χ1n) is 6.14. The average Bonchev–Trinajstić information content (AvgIpc) is 2.83. The van der Waals surface area contributed by atoms with Crippen LogP contribution in [0.3, 0.4) is 0 Å². The molecule has 1 aromatic carbocycles. The van der Waals surface area contributed by atoms with E-state index in [4.69, 9.17) is 0 Å². The Morgan fingerprint density at radius 2 is 1.94 bits per heavy atom. The smallest absolute Gasteiger partial charge is 0.184 e. The molecule has 0 N–H and O–H groups in total. The van der Waals surface area contributed by atoms with Gasteiger partial charge >= 0.3 is 0 Å². The number of pyridine rings is 1. The fraction of sp³-hybridized carbons (Fsp3) is 0.214. The van der Waals surface area contributed by atoms with Crippen molar-refractivity contribution < 1.29 is 4.57 Å². The predicted octanol–water partition coefficient (Wildman–Crippen LogP) is 1.79. The van der Waals surface area contributed by atoms with E-state index in [0.717, 1.165) is 17.5 Å². The van der Waals surface area contributed by atoms with E-state index in [0.29, 0.717) is 6.67 Å². The maximum Gasteiger partial charge on any atom is 0.244 e. The van der Waals surface area contributed by atoms with Gasteiger partial charge in [-0.3, -0.25) is 0 Å². The quantitative estimate of drug-likeness (QED) is 0.653. The van der Waals surface area contributed by atoms with Crippen LogP contribution < -0.4 is 4.57 Å². The lowest BCUT2D eigenvalue weighted by Crippen LogP contribution is -2.41. The number of nitrogens with zero attached hydrogens (tertiary/aromatic N) is 4. The van der Waals surface area contributed by atoms with Crippen LogP contribution in [0.2, 0.25) is 0 Å². The summed E-state index contributed by atoms with van der Waals surface area (Å²) in [6.45, 7) is 2.86. The molecular weight excluding hydrogens is 224 g/mol. The molecule has 0 radical (unpaired) electrons. The fourth-order valence-corrected chi connectivity index (χ4v) is 2.14. The zero-order valence-corrected chi connectivity index (χ0v) is 10.3. The Morgan fingerprint density at radius 3 is 2.83 bits per heavy atom. The highest BCUT2D eigenvalue weighted by atomic mass is 15.5. The Bertz CT molecular complexity index is 672. The normalized spacial score (nSPS) is 10.9. The van der Waals surface area contributed by atoms with Gasteiger partial charge < -0.3 is 0 Å². The van der Waals surface area contributed by atoms with E-state index in [2.05, 4.69) is 40.1 Å². The first-order valence-corrected chi connectivity index (χ1v) is 6.14. The predicted molar refractivity (Wildman–Crippen MR) is 68.9 cm³/mol. The molecule has 0 saturated heterocycles. The van der Waals surface area contributed by atoms with Gasteiger partial charge in [-0.15, -0.1) is 5.10 Å². The molecule has 90 valence electrons. The molecule has 0 aliphatic carbocycles. The molecule has 0 saturated carbocycles. The zero-order valence-electron chi connectivity index (χ0n) is 10.3. The Labute approximate surface area is 105 Å². The van der Waals surface area contributed by atoms with Crippen molar-refractivity contribution >= 4 is 11.0 Å². The highest BCUT2D eigenvalue weighted by Crippen LogP contribution is 2.08. The molecule has 0 unspecified atom stereocenters. The summed E-state index contributed by atoms with van der Waals surface area (Å²) in [5, 5.41) is 8.38. The highest BCUT2D eigenvalue weighted by molar-refractivity contribution is 5.73. The van der Waals surface area contributed by atoms with Crippen molar-refractivity contribution in [2.24, 2.45) is 0 Å². The molecule has 4 heteroatoms. The zero-order chi connectivity index (χ0) is 12.4. The molecule has 2 heterocycles. The van der Waals surface area contributed by atoms with Gasteiger partial charge in [-0.2, -0.15) is 9.25 Å². The van der Waals surface area contributed by atoms with Crippen LogP contribution in [0.25, 0.3) is 11.0 Å². The van der Waals surface area contributed by atoms with Gasteiger partial charge in [0.2, 0.25) is 6.67 Å². The number of aromatic nitrogens is 4. The molecule has 4 nitrogen and oxygen atoms in total. The summed E-state index contributed by atoms with van der Waals surface area (Å²) >= 11 is 0. The number of hydrogen-bond acceptors (Lipinski definition) is 2. The van der Waals surface area contributed by atoms with E-state index in [1.54, 1.807) is 0 Å². The summed E-state index contributed by atoms with van der Waals surface area (Å²) in [4.78, 5) is 0. The lowest BCUT2D eigenvalue weighted by molar-refractivity contribution is -0.709. The summed E-state index contributed by atoms with van der Waals surface area (Å²) in [5.74, 6) is 0. The van der Waals surface area contributed by atoms with Crippen molar-refractivity contribution in [1.82, 2.24) is 15.0 Å². The van der Waals surface area contributed by atoms with Crippen LogP contribution in [0.15, 0.2) is 48.7 Å². The molecule has 0 aliphatic rings. The molecule has 0 amide bonds. The Balaban J connectivity index is 2.01. The summed E-state index contributed by atoms with van der Waals surface area (Å²) in [6, 6.07) is 14.3. The lowest BCUT2D eigenvalue weighted by atomic mass is 10.3. The van der Waals surface area contributed by atoms with Crippen molar-refractivity contribution in [2.75, 3.05) is 0 Å². The summed E-state index contributed by atoms with van der Waals surface area (Å²) in [6.07, 6.45) is 3.09. The SMILES string of the molecule is CCc1cccc[n+]1Cn1nnc2ccccc21. The number of para-hydroxylation sites is 1. The molecular formula is C14H15N4+. The van der Waals surface area contributed by atoms with E-state index in [-0.39, 0.29) is 0 Å². The van der Waals surface area contributed by atoms with Gasteiger partial charge in [0.25, 0.3) is 0 Å². The minimum Gasteiger partial charge on any atom is -0.184 e. The van der Waals surface area contributed by atoms with Gasteiger partial charge in [-0.05, 0) is 12.1 Å². The Kier molecular flexibility index (Phi) is 2.76. The van der Waals surface area contributed by atoms with Crippen LogP contribution in [0.4, 0.5) is 0 Å². The van der Waals surface area contributed by atoms with Crippen LogP contribution >= 0.6 is 0 Å². The van der Waals surface area contributed by atoms with E-state index in [1.807, 2.05) is 35.0 Å². The molecule has 18 heavy (non-hydrogen) atoms. The molecule has 0 fully saturated rings. The van der Waals surface area contributed by atoms with Gasteiger partial charge in [0.1, 0.15) is 5.52 Å². The van der Waals surface area contributed by atoms with Crippen LogP contribution in [0.1, 0.15) is 12.6 Å². The monoisotopic (exact) mass is 239 g/mol. The summed E-state index contributed by atoms with van der Waals surface area (Å²) < 4.78 is 4.12. The van der Waals surface area contributed by atoms with Crippen molar-refractivity contribution in [3.05, 3.63) is 54.4 Å². The van der Waals surface area contributed by atoms with E-state index in [9.17, 15) is 0 Å². The van der Waals surface area contributed by atoms with Gasteiger partial charge in [-0.1, -0.05) is 30.3 Å². The second kappa shape index (κ2) is 4.56. The lowest BCUT2D eigenvalue weighted by Gasteiger charge is -2.02. The topological polar surface area (TPSA) is 34.6 Å². The first-order chi connectivity index (χ1) is 8.88. The number of rotatable bonds is 3. The maximum absolute atomic E-state index is 4.21. The van der Waals surface area contributed by atoms with Crippen molar-refractivity contribution in [2.45, 2.75) is 20.0 Å². The second-order valence-corrected chi connectivity index (χ2v) is 4.23. The fourth-order valence-electron chi connectivity index (χ4n) is 2.14. The van der Waals surface area contributed by atoms with E-state index < -0.39 is 0 Å². The molecule has 3 rings (SSSR count). The minimum absolute atomic E-state index is 0.699. The third-order valence-corrected chi connectivity index (χ3v) is 3.10. The largest absolute Gasteiger partial charge is 0.244 e. The molecule has 3 aromatic rings. The van der Waals surface area contributed by atoms with Crippen molar-refractivity contribution in [1.29, 1.82) is 0 Å². The summed E-state index contributed by atoms with van der Waals surface area (Å²) in [7, 11) is 0. The molecule has 0 atom stereocenters. The number of benzene rings is 1. The van der Waals surface area contributed by atoms with E-state index in [1.165, 1.54) is 5.69 Å². The van der Waals surface area contributed by atoms with Crippen LogP contribution in [-0.4, -0.2) is 15.0 Å². The third-order valence-electron chi connectivity index (χ3n) is 3.10. The Morgan fingerprint density at radius 1 is 1.11 bits per heavy atom. The number of fused-ring (bicyclic) bond motifs is 1. The molecule has 0 aliphatic heterocycles. The highest BCUT2D eigenvalue weighted by Gasteiger charge is 2.11. The Hall–Kier alpha value is -2.23. The minimum atomic E-state index is 0.699. The van der Waals surface area contributed by atoms with Gasteiger partial charge in [0, 0.05) is 18.6 Å². The molecule has 0 bridgehead atoms. The van der Waals surface area contributed by atoms with Gasteiger partial charge in [-0.25, -0.2) is 0 Å².